The highest BCUT2D eigenvalue weighted by Crippen LogP contribution is 2.34. The zero-order valence-electron chi connectivity index (χ0n) is 17.3. The number of aryl methyl sites for hydroxylation is 1. The zero-order valence-corrected chi connectivity index (χ0v) is 17.3. The van der Waals surface area contributed by atoms with Crippen molar-refractivity contribution < 1.29 is 5.11 Å². The molecule has 2 aromatic heterocycles. The Balaban J connectivity index is 1.96. The number of benzene rings is 1. The maximum Gasteiger partial charge on any atom is 0.127 e. The fraction of sp³-hybridized carbons (Fsp3) is 0.435. The molecule has 1 aromatic carbocycles. The minimum absolute atomic E-state index is 0.258. The molecule has 0 bridgehead atoms. The van der Waals surface area contributed by atoms with E-state index in [1.165, 1.54) is 0 Å². The second kappa shape index (κ2) is 8.65. The van der Waals surface area contributed by atoms with Crippen molar-refractivity contribution in [1.29, 1.82) is 0 Å². The Bertz CT molecular complexity index is 879. The molecule has 0 saturated heterocycles. The number of nitrogens with zero attached hydrogens (tertiary/aromatic N) is 4. The number of imidazole rings is 1. The Labute approximate surface area is 167 Å². The van der Waals surface area contributed by atoms with E-state index in [0.717, 1.165) is 54.0 Å². The summed E-state index contributed by atoms with van der Waals surface area (Å²) in [6.07, 6.45) is 9.23. The van der Waals surface area contributed by atoms with Gasteiger partial charge < -0.3 is 9.67 Å². The van der Waals surface area contributed by atoms with Gasteiger partial charge in [-0.2, -0.15) is 0 Å². The normalized spacial score (nSPS) is 12.9. The second-order valence-electron chi connectivity index (χ2n) is 8.01. The van der Waals surface area contributed by atoms with Gasteiger partial charge >= 0.3 is 0 Å². The van der Waals surface area contributed by atoms with Gasteiger partial charge in [0, 0.05) is 36.0 Å². The van der Waals surface area contributed by atoms with E-state index in [0.29, 0.717) is 0 Å². The van der Waals surface area contributed by atoms with Gasteiger partial charge in [-0.1, -0.05) is 37.3 Å². The van der Waals surface area contributed by atoms with Crippen LogP contribution in [0.5, 0.6) is 0 Å². The van der Waals surface area contributed by atoms with E-state index >= 15 is 0 Å². The maximum absolute atomic E-state index is 10.0. The highest BCUT2D eigenvalue weighted by atomic mass is 16.3. The SMILES string of the molecule is CCc1ncc(-c2c(-c3ccccc3)ncn2[C@H](C)CCCC(C)(C)O)cn1. The lowest BCUT2D eigenvalue weighted by atomic mass is 9.99. The summed E-state index contributed by atoms with van der Waals surface area (Å²) in [5, 5.41) is 10.0. The van der Waals surface area contributed by atoms with Crippen molar-refractivity contribution in [3.8, 4) is 22.5 Å². The topological polar surface area (TPSA) is 63.8 Å². The van der Waals surface area contributed by atoms with E-state index in [1.54, 1.807) is 0 Å². The van der Waals surface area contributed by atoms with E-state index in [-0.39, 0.29) is 6.04 Å². The fourth-order valence-electron chi connectivity index (χ4n) is 3.42. The Morgan fingerprint density at radius 1 is 1.04 bits per heavy atom. The fourth-order valence-corrected chi connectivity index (χ4v) is 3.42. The lowest BCUT2D eigenvalue weighted by Crippen LogP contribution is -2.18. The number of hydrogen-bond donors (Lipinski definition) is 1. The molecular formula is C23H30N4O. The smallest absolute Gasteiger partial charge is 0.127 e. The van der Waals surface area contributed by atoms with Crippen LogP contribution in [-0.2, 0) is 6.42 Å². The van der Waals surface area contributed by atoms with Crippen molar-refractivity contribution in [2.24, 2.45) is 0 Å². The zero-order chi connectivity index (χ0) is 20.1. The van der Waals surface area contributed by atoms with Crippen molar-refractivity contribution >= 4 is 0 Å². The van der Waals surface area contributed by atoms with Crippen molar-refractivity contribution in [1.82, 2.24) is 19.5 Å². The van der Waals surface area contributed by atoms with Crippen LogP contribution < -0.4 is 0 Å². The number of aliphatic hydroxyl groups is 1. The van der Waals surface area contributed by atoms with Gasteiger partial charge in [-0.25, -0.2) is 15.0 Å². The second-order valence-corrected chi connectivity index (χ2v) is 8.01. The third-order valence-electron chi connectivity index (χ3n) is 5.02. The molecule has 3 aromatic rings. The van der Waals surface area contributed by atoms with Gasteiger partial charge in [0.2, 0.25) is 0 Å². The summed E-state index contributed by atoms with van der Waals surface area (Å²) in [6.45, 7) is 7.98. The van der Waals surface area contributed by atoms with Crippen molar-refractivity contribution in [3.05, 3.63) is 54.9 Å². The quantitative estimate of drug-likeness (QED) is 0.594. The molecule has 28 heavy (non-hydrogen) atoms. The average Bonchev–Trinajstić information content (AvgIpc) is 3.13. The molecular weight excluding hydrogens is 348 g/mol. The van der Waals surface area contributed by atoms with Gasteiger partial charge in [-0.05, 0) is 40.0 Å². The van der Waals surface area contributed by atoms with Gasteiger partial charge in [0.05, 0.1) is 23.3 Å². The molecule has 1 N–H and O–H groups in total. The Hall–Kier alpha value is -2.53. The summed E-state index contributed by atoms with van der Waals surface area (Å²) in [7, 11) is 0. The first-order valence-corrected chi connectivity index (χ1v) is 10.0. The van der Waals surface area contributed by atoms with E-state index in [9.17, 15) is 5.11 Å². The van der Waals surface area contributed by atoms with Crippen LogP contribution in [0.3, 0.4) is 0 Å². The number of rotatable bonds is 8. The monoisotopic (exact) mass is 378 g/mol. The van der Waals surface area contributed by atoms with Crippen LogP contribution in [0.4, 0.5) is 0 Å². The van der Waals surface area contributed by atoms with Gasteiger partial charge in [0.15, 0.2) is 0 Å². The average molecular weight is 379 g/mol. The van der Waals surface area contributed by atoms with E-state index in [1.807, 2.05) is 50.8 Å². The standard InChI is InChI=1S/C23H30N4O/c1-5-20-24-14-19(15-25-20)22-21(18-11-7-6-8-12-18)26-16-27(22)17(2)10-9-13-23(3,4)28/h6-8,11-12,14-17,28H,5,9-10,13H2,1-4H3/t17-/m1/s1. The van der Waals surface area contributed by atoms with Crippen LogP contribution in [0.1, 0.15) is 58.8 Å². The minimum Gasteiger partial charge on any atom is -0.390 e. The molecule has 5 heteroatoms. The summed E-state index contributed by atoms with van der Waals surface area (Å²) in [4.78, 5) is 13.7. The molecule has 1 atom stereocenters. The van der Waals surface area contributed by atoms with E-state index < -0.39 is 5.60 Å². The molecule has 0 aliphatic heterocycles. The van der Waals surface area contributed by atoms with Gasteiger partial charge in [0.1, 0.15) is 5.82 Å². The number of hydrogen-bond acceptors (Lipinski definition) is 4. The third-order valence-corrected chi connectivity index (χ3v) is 5.02. The molecule has 3 rings (SSSR count). The highest BCUT2D eigenvalue weighted by Gasteiger charge is 2.20. The van der Waals surface area contributed by atoms with Crippen LogP contribution in [0, 0.1) is 0 Å². The highest BCUT2D eigenvalue weighted by molar-refractivity contribution is 5.78. The summed E-state index contributed by atoms with van der Waals surface area (Å²) in [6, 6.07) is 10.5. The van der Waals surface area contributed by atoms with Crippen molar-refractivity contribution in [2.75, 3.05) is 0 Å². The molecule has 0 spiro atoms. The molecule has 0 amide bonds. The molecule has 5 nitrogen and oxygen atoms in total. The molecule has 0 aliphatic rings. The summed E-state index contributed by atoms with van der Waals surface area (Å²) >= 11 is 0. The number of aromatic nitrogens is 4. The third kappa shape index (κ3) is 4.84. The minimum atomic E-state index is -0.628. The van der Waals surface area contributed by atoms with Crippen molar-refractivity contribution in [2.45, 2.75) is 65.0 Å². The largest absolute Gasteiger partial charge is 0.390 e. The summed E-state index contributed by atoms with van der Waals surface area (Å²) < 4.78 is 2.22. The molecule has 0 radical (unpaired) electrons. The van der Waals surface area contributed by atoms with Crippen LogP contribution in [-0.4, -0.2) is 30.2 Å². The van der Waals surface area contributed by atoms with E-state index in [4.69, 9.17) is 4.98 Å². The molecule has 0 unspecified atom stereocenters. The maximum atomic E-state index is 10.0. The lowest BCUT2D eigenvalue weighted by Gasteiger charge is -2.21. The van der Waals surface area contributed by atoms with E-state index in [2.05, 4.69) is 40.5 Å². The molecule has 0 aliphatic carbocycles. The lowest BCUT2D eigenvalue weighted by molar-refractivity contribution is 0.0672. The molecule has 148 valence electrons. The summed E-state index contributed by atoms with van der Waals surface area (Å²) in [5.74, 6) is 0.842. The van der Waals surface area contributed by atoms with Crippen LogP contribution in [0.15, 0.2) is 49.1 Å². The Kier molecular flexibility index (Phi) is 6.25. The van der Waals surface area contributed by atoms with Crippen LogP contribution in [0.2, 0.25) is 0 Å². The van der Waals surface area contributed by atoms with Gasteiger partial charge in [0.25, 0.3) is 0 Å². The van der Waals surface area contributed by atoms with Gasteiger partial charge in [-0.3, -0.25) is 0 Å². The first-order chi connectivity index (χ1) is 13.4. The van der Waals surface area contributed by atoms with Crippen LogP contribution >= 0.6 is 0 Å². The van der Waals surface area contributed by atoms with Crippen molar-refractivity contribution in [3.63, 3.8) is 0 Å². The Morgan fingerprint density at radius 3 is 2.32 bits per heavy atom. The van der Waals surface area contributed by atoms with Crippen LogP contribution in [0.25, 0.3) is 22.5 Å². The predicted molar refractivity (Wildman–Crippen MR) is 113 cm³/mol. The first kappa shape index (κ1) is 20.2. The molecule has 0 saturated carbocycles. The predicted octanol–water partition coefficient (Wildman–Crippen LogP) is 5.07. The first-order valence-electron chi connectivity index (χ1n) is 10.0. The molecule has 2 heterocycles. The van der Waals surface area contributed by atoms with Gasteiger partial charge in [-0.15, -0.1) is 0 Å². The Morgan fingerprint density at radius 2 is 1.71 bits per heavy atom. The summed E-state index contributed by atoms with van der Waals surface area (Å²) in [5.41, 5.74) is 3.42. The molecule has 0 fully saturated rings.